The molecule has 0 aliphatic carbocycles. The number of carbonyl (C=O) groups excluding carboxylic acids is 2. The zero-order valence-corrected chi connectivity index (χ0v) is 17.1. The molecule has 10 heteroatoms. The van der Waals surface area contributed by atoms with Crippen molar-refractivity contribution in [2.75, 3.05) is 25.2 Å². The lowest BCUT2D eigenvalue weighted by molar-refractivity contribution is -0.156. The largest absolute Gasteiger partial charge is 0.462 e. The summed E-state index contributed by atoms with van der Waals surface area (Å²) in [5.41, 5.74) is -3.24. The Morgan fingerprint density at radius 1 is 1.20 bits per heavy atom. The van der Waals surface area contributed by atoms with Crippen molar-refractivity contribution in [2.45, 2.75) is 39.2 Å². The van der Waals surface area contributed by atoms with Gasteiger partial charge in [-0.25, -0.2) is 18.0 Å². The summed E-state index contributed by atoms with van der Waals surface area (Å²) in [6, 6.07) is 0.528. The highest BCUT2D eigenvalue weighted by atomic mass is 19.2. The number of nitrogens with zero attached hydrogens (tertiary/aromatic N) is 2. The number of likely N-dealkylation sites (N-methyl/N-ethyl adjacent to an activating group) is 1. The van der Waals surface area contributed by atoms with E-state index < -0.39 is 62.8 Å². The fraction of sp³-hybridized carbons (Fsp3) is 0.450. The summed E-state index contributed by atoms with van der Waals surface area (Å²) in [7, 11) is 1.45. The maximum absolute atomic E-state index is 14.7. The lowest BCUT2D eigenvalue weighted by Crippen LogP contribution is -2.31. The van der Waals surface area contributed by atoms with Gasteiger partial charge in [0.2, 0.25) is 5.43 Å². The Labute approximate surface area is 169 Å². The molecule has 162 valence electrons. The average molecular weight is 426 g/mol. The molecule has 1 aliphatic rings. The highest BCUT2D eigenvalue weighted by Gasteiger charge is 2.42. The van der Waals surface area contributed by atoms with Crippen LogP contribution in [0.25, 0.3) is 10.9 Å². The number of ether oxygens (including phenoxy) is 2. The second-order valence-electron chi connectivity index (χ2n) is 7.93. The van der Waals surface area contributed by atoms with Gasteiger partial charge in [0.05, 0.1) is 24.2 Å². The Hall–Kier alpha value is -3.04. The van der Waals surface area contributed by atoms with Crippen LogP contribution < -0.4 is 10.4 Å². The number of esters is 2. The van der Waals surface area contributed by atoms with Gasteiger partial charge >= 0.3 is 11.9 Å². The van der Waals surface area contributed by atoms with Crippen LogP contribution in [0.3, 0.4) is 0 Å². The topological polar surface area (TPSA) is 77.8 Å². The minimum Gasteiger partial charge on any atom is -0.462 e. The first-order chi connectivity index (χ1) is 13.9. The lowest BCUT2D eigenvalue weighted by Gasteiger charge is -2.22. The van der Waals surface area contributed by atoms with Crippen LogP contribution in [0.1, 0.15) is 49.7 Å². The van der Waals surface area contributed by atoms with Crippen LogP contribution in [0.15, 0.2) is 10.9 Å². The maximum atomic E-state index is 14.7. The number of benzene rings is 1. The van der Waals surface area contributed by atoms with E-state index in [0.29, 0.717) is 6.07 Å². The summed E-state index contributed by atoms with van der Waals surface area (Å²) >= 11 is 0. The minimum absolute atomic E-state index is 0.0746. The molecule has 0 radical (unpaired) electrons. The summed E-state index contributed by atoms with van der Waals surface area (Å²) in [6.45, 7) is 6.28. The Bertz CT molecular complexity index is 1120. The molecule has 1 aromatic heterocycles. The highest BCUT2D eigenvalue weighted by Crippen LogP contribution is 2.34. The van der Waals surface area contributed by atoms with E-state index in [1.807, 2.05) is 0 Å². The van der Waals surface area contributed by atoms with Gasteiger partial charge in [0.1, 0.15) is 22.6 Å². The van der Waals surface area contributed by atoms with Crippen LogP contribution in [0.2, 0.25) is 0 Å². The number of fused-ring (bicyclic) bond motifs is 3. The molecule has 0 saturated heterocycles. The molecule has 2 aromatic rings. The third-order valence-corrected chi connectivity index (χ3v) is 4.59. The molecule has 0 amide bonds. The molecule has 1 aliphatic heterocycles. The molecule has 2 heterocycles. The standard InChI is InChI=1S/C20H21F3N2O5/c1-6-29-19(28)12-15-10(18(27)30-20(2,3)4)8-24(5)25(15)16-9(17(12)26)7-11(21)13(22)14(16)23/h7,10H,6,8H2,1-5H3. The second kappa shape index (κ2) is 7.33. The van der Waals surface area contributed by atoms with Crippen molar-refractivity contribution in [3.8, 4) is 0 Å². The molecular formula is C20H21F3N2O5. The Balaban J connectivity index is 2.42. The van der Waals surface area contributed by atoms with E-state index in [2.05, 4.69) is 0 Å². The molecule has 1 aromatic carbocycles. The normalized spacial score (nSPS) is 16.0. The summed E-state index contributed by atoms with van der Waals surface area (Å²) < 4.78 is 53.9. The molecule has 1 unspecified atom stereocenters. The molecule has 0 bridgehead atoms. The van der Waals surface area contributed by atoms with E-state index in [-0.39, 0.29) is 18.8 Å². The first kappa shape index (κ1) is 21.7. The third-order valence-electron chi connectivity index (χ3n) is 4.59. The number of pyridine rings is 1. The van der Waals surface area contributed by atoms with Crippen molar-refractivity contribution in [2.24, 2.45) is 0 Å². The summed E-state index contributed by atoms with van der Waals surface area (Å²) in [4.78, 5) is 38.4. The van der Waals surface area contributed by atoms with Crippen molar-refractivity contribution in [3.05, 3.63) is 45.0 Å². The molecule has 7 nitrogen and oxygen atoms in total. The number of halogens is 3. The van der Waals surface area contributed by atoms with Gasteiger partial charge in [-0.05, 0) is 33.8 Å². The zero-order chi connectivity index (χ0) is 22.5. The fourth-order valence-corrected chi connectivity index (χ4v) is 3.51. The van der Waals surface area contributed by atoms with Crippen molar-refractivity contribution < 1.29 is 32.2 Å². The summed E-state index contributed by atoms with van der Waals surface area (Å²) in [5, 5.41) is 0.782. The first-order valence-corrected chi connectivity index (χ1v) is 9.26. The second-order valence-corrected chi connectivity index (χ2v) is 7.93. The van der Waals surface area contributed by atoms with Crippen molar-refractivity contribution in [1.29, 1.82) is 0 Å². The van der Waals surface area contributed by atoms with Crippen LogP contribution >= 0.6 is 0 Å². The van der Waals surface area contributed by atoms with Crippen molar-refractivity contribution in [3.63, 3.8) is 0 Å². The van der Waals surface area contributed by atoms with E-state index in [9.17, 15) is 27.6 Å². The molecule has 0 fully saturated rings. The Morgan fingerprint density at radius 3 is 2.40 bits per heavy atom. The number of aromatic nitrogens is 1. The van der Waals surface area contributed by atoms with Gasteiger partial charge in [0.15, 0.2) is 17.5 Å². The van der Waals surface area contributed by atoms with E-state index in [1.54, 1.807) is 20.8 Å². The number of hydrogen-bond donors (Lipinski definition) is 0. The number of hydrogen-bond acceptors (Lipinski definition) is 6. The van der Waals surface area contributed by atoms with Gasteiger partial charge in [0, 0.05) is 7.05 Å². The van der Waals surface area contributed by atoms with Gasteiger partial charge in [-0.1, -0.05) is 0 Å². The predicted octanol–water partition coefficient (Wildman–Crippen LogP) is 2.60. The van der Waals surface area contributed by atoms with Gasteiger partial charge in [-0.2, -0.15) is 0 Å². The molecule has 0 saturated carbocycles. The summed E-state index contributed by atoms with van der Waals surface area (Å²) in [5.74, 6) is -7.91. The van der Waals surface area contributed by atoms with Crippen LogP contribution in [0, 0.1) is 17.5 Å². The van der Waals surface area contributed by atoms with Gasteiger partial charge in [-0.15, -0.1) is 0 Å². The number of rotatable bonds is 3. The van der Waals surface area contributed by atoms with E-state index in [1.165, 1.54) is 19.0 Å². The first-order valence-electron chi connectivity index (χ1n) is 9.26. The van der Waals surface area contributed by atoms with Crippen LogP contribution in [-0.4, -0.2) is 42.4 Å². The lowest BCUT2D eigenvalue weighted by atomic mass is 9.98. The third kappa shape index (κ3) is 3.40. The molecule has 3 rings (SSSR count). The number of carbonyl (C=O) groups is 2. The average Bonchev–Trinajstić information content (AvgIpc) is 2.96. The predicted molar refractivity (Wildman–Crippen MR) is 102 cm³/mol. The molecule has 0 spiro atoms. The highest BCUT2D eigenvalue weighted by molar-refractivity contribution is 5.98. The summed E-state index contributed by atoms with van der Waals surface area (Å²) in [6.07, 6.45) is 0. The van der Waals surface area contributed by atoms with E-state index in [0.717, 1.165) is 4.68 Å². The molecule has 30 heavy (non-hydrogen) atoms. The quantitative estimate of drug-likeness (QED) is 0.555. The zero-order valence-electron chi connectivity index (χ0n) is 17.1. The molecule has 1 atom stereocenters. The van der Waals surface area contributed by atoms with E-state index in [4.69, 9.17) is 9.47 Å². The minimum atomic E-state index is -1.77. The Kier molecular flexibility index (Phi) is 5.30. The SMILES string of the molecule is CCOC(=O)c1c2n(c3c(F)c(F)c(F)cc3c1=O)N(C)CC2C(=O)OC(C)(C)C. The Morgan fingerprint density at radius 2 is 1.83 bits per heavy atom. The van der Waals surface area contributed by atoms with Gasteiger partial charge in [0.25, 0.3) is 0 Å². The van der Waals surface area contributed by atoms with Crippen molar-refractivity contribution in [1.82, 2.24) is 4.68 Å². The smallest absolute Gasteiger partial charge is 0.344 e. The van der Waals surface area contributed by atoms with E-state index >= 15 is 0 Å². The van der Waals surface area contributed by atoms with Crippen LogP contribution in [-0.2, 0) is 14.3 Å². The van der Waals surface area contributed by atoms with Crippen LogP contribution in [0.5, 0.6) is 0 Å². The fourth-order valence-electron chi connectivity index (χ4n) is 3.51. The maximum Gasteiger partial charge on any atom is 0.344 e. The van der Waals surface area contributed by atoms with Gasteiger partial charge < -0.3 is 14.5 Å². The molecular weight excluding hydrogens is 405 g/mol. The molecule has 0 N–H and O–H groups in total. The van der Waals surface area contributed by atoms with Gasteiger partial charge in [-0.3, -0.25) is 14.3 Å². The van der Waals surface area contributed by atoms with Crippen molar-refractivity contribution >= 4 is 22.8 Å². The van der Waals surface area contributed by atoms with Crippen LogP contribution in [0.4, 0.5) is 13.2 Å². The monoisotopic (exact) mass is 426 g/mol.